The summed E-state index contributed by atoms with van der Waals surface area (Å²) >= 11 is 0. The molecule has 1 atom stereocenters. The van der Waals surface area contributed by atoms with Crippen LogP contribution in [0, 0.1) is 6.92 Å². The maximum absolute atomic E-state index is 12.0. The van der Waals surface area contributed by atoms with Crippen molar-refractivity contribution in [1.29, 1.82) is 0 Å². The first-order valence-corrected chi connectivity index (χ1v) is 7.53. The number of nitrogens with one attached hydrogen (secondary N) is 2. The van der Waals surface area contributed by atoms with Crippen molar-refractivity contribution in [2.75, 3.05) is 13.7 Å². The highest BCUT2D eigenvalue weighted by Gasteiger charge is 2.21. The van der Waals surface area contributed by atoms with Gasteiger partial charge in [0.1, 0.15) is 29.6 Å². The number of hydrogen-bond donors (Lipinski definition) is 2. The van der Waals surface area contributed by atoms with Crippen molar-refractivity contribution in [2.45, 2.75) is 25.9 Å². The molecule has 23 heavy (non-hydrogen) atoms. The smallest absolute Gasteiger partial charge is 0.315 e. The summed E-state index contributed by atoms with van der Waals surface area (Å²) in [5.41, 5.74) is 1.03. The van der Waals surface area contributed by atoms with Gasteiger partial charge in [-0.25, -0.2) is 4.79 Å². The molecule has 2 aromatic rings. The number of methoxy groups -OCH3 is 1. The summed E-state index contributed by atoms with van der Waals surface area (Å²) in [6.45, 7) is 2.68. The largest absolute Gasteiger partial charge is 0.497 e. The molecule has 0 radical (unpaired) electrons. The van der Waals surface area contributed by atoms with Crippen LogP contribution in [0.15, 0.2) is 34.7 Å². The van der Waals surface area contributed by atoms with Crippen molar-refractivity contribution in [3.63, 3.8) is 0 Å². The van der Waals surface area contributed by atoms with Crippen molar-refractivity contribution >= 4 is 6.03 Å². The first-order chi connectivity index (χ1) is 11.1. The maximum atomic E-state index is 12.0. The van der Waals surface area contributed by atoms with Gasteiger partial charge in [-0.15, -0.1) is 0 Å². The fourth-order valence-electron chi connectivity index (χ4n) is 2.57. The fourth-order valence-corrected chi connectivity index (χ4v) is 2.57. The summed E-state index contributed by atoms with van der Waals surface area (Å²) in [6.07, 6.45) is 0.708. The quantitative estimate of drug-likeness (QED) is 0.908. The molecule has 0 fully saturated rings. The van der Waals surface area contributed by atoms with Gasteiger partial charge in [0.2, 0.25) is 0 Å². The zero-order chi connectivity index (χ0) is 16.2. The van der Waals surface area contributed by atoms with E-state index in [0.29, 0.717) is 19.6 Å². The van der Waals surface area contributed by atoms with Crippen LogP contribution < -0.4 is 20.1 Å². The van der Waals surface area contributed by atoms with Crippen LogP contribution >= 0.6 is 0 Å². The van der Waals surface area contributed by atoms with E-state index in [4.69, 9.17) is 13.9 Å². The van der Waals surface area contributed by atoms with Gasteiger partial charge in [-0.1, -0.05) is 0 Å². The van der Waals surface area contributed by atoms with E-state index in [1.54, 1.807) is 7.11 Å². The molecule has 0 saturated heterocycles. The Morgan fingerprint density at radius 2 is 2.22 bits per heavy atom. The fraction of sp³-hybridized carbons (Fsp3) is 0.353. The molecule has 6 nitrogen and oxygen atoms in total. The molecule has 1 aromatic heterocycles. The lowest BCUT2D eigenvalue weighted by molar-refractivity contribution is 0.213. The SMILES string of the molecule is COc1ccc2c(c1)CC(NC(=O)NCc1ccc(C)o1)CO2. The second kappa shape index (κ2) is 6.64. The first kappa shape index (κ1) is 15.3. The van der Waals surface area contributed by atoms with E-state index >= 15 is 0 Å². The minimum Gasteiger partial charge on any atom is -0.497 e. The lowest BCUT2D eigenvalue weighted by Gasteiger charge is -2.26. The summed E-state index contributed by atoms with van der Waals surface area (Å²) in [7, 11) is 1.63. The van der Waals surface area contributed by atoms with E-state index in [0.717, 1.165) is 28.6 Å². The van der Waals surface area contributed by atoms with Crippen LogP contribution in [0.25, 0.3) is 0 Å². The maximum Gasteiger partial charge on any atom is 0.315 e. The van der Waals surface area contributed by atoms with E-state index in [1.165, 1.54) is 0 Å². The number of hydrogen-bond acceptors (Lipinski definition) is 4. The summed E-state index contributed by atoms with van der Waals surface area (Å²) in [5.74, 6) is 3.18. The number of furan rings is 1. The van der Waals surface area contributed by atoms with Gasteiger partial charge in [0.05, 0.1) is 19.7 Å². The Kier molecular flexibility index (Phi) is 4.41. The van der Waals surface area contributed by atoms with Crippen molar-refractivity contribution in [2.24, 2.45) is 0 Å². The molecule has 0 bridgehead atoms. The molecule has 1 unspecified atom stereocenters. The van der Waals surface area contributed by atoms with Crippen molar-refractivity contribution in [3.05, 3.63) is 47.4 Å². The first-order valence-electron chi connectivity index (χ1n) is 7.53. The summed E-state index contributed by atoms with van der Waals surface area (Å²) < 4.78 is 16.3. The van der Waals surface area contributed by atoms with Crippen LogP contribution in [0.2, 0.25) is 0 Å². The molecular weight excluding hydrogens is 296 g/mol. The van der Waals surface area contributed by atoms with Crippen LogP contribution in [-0.4, -0.2) is 25.8 Å². The lowest BCUT2D eigenvalue weighted by atomic mass is 10.0. The van der Waals surface area contributed by atoms with Crippen LogP contribution in [-0.2, 0) is 13.0 Å². The van der Waals surface area contributed by atoms with Crippen LogP contribution in [0.1, 0.15) is 17.1 Å². The molecule has 1 aliphatic rings. The van der Waals surface area contributed by atoms with Crippen molar-refractivity contribution < 1.29 is 18.7 Å². The molecule has 1 aliphatic heterocycles. The number of benzene rings is 1. The van der Waals surface area contributed by atoms with Gasteiger partial charge in [0, 0.05) is 0 Å². The molecule has 2 amide bonds. The predicted molar refractivity (Wildman–Crippen MR) is 84.8 cm³/mol. The Balaban J connectivity index is 1.53. The molecule has 2 N–H and O–H groups in total. The number of rotatable bonds is 4. The Hall–Kier alpha value is -2.63. The standard InChI is InChI=1S/C17H20N2O4/c1-11-3-4-15(23-11)9-18-17(20)19-13-7-12-8-14(21-2)5-6-16(12)22-10-13/h3-6,8,13H,7,9-10H2,1-2H3,(H2,18,19,20). The number of ether oxygens (including phenoxy) is 2. The summed E-state index contributed by atoms with van der Waals surface area (Å²) in [4.78, 5) is 12.0. The zero-order valence-electron chi connectivity index (χ0n) is 13.2. The second-order valence-electron chi connectivity index (χ2n) is 5.53. The van der Waals surface area contributed by atoms with Gasteiger partial charge in [0.15, 0.2) is 0 Å². The normalized spacial score (nSPS) is 16.2. The number of amides is 2. The van der Waals surface area contributed by atoms with Crippen molar-refractivity contribution in [1.82, 2.24) is 10.6 Å². The molecule has 1 aromatic carbocycles. The van der Waals surface area contributed by atoms with E-state index in [9.17, 15) is 4.79 Å². The van der Waals surface area contributed by atoms with Crippen LogP contribution in [0.3, 0.4) is 0 Å². The topological polar surface area (TPSA) is 72.7 Å². The number of carbonyl (C=O) groups excluding carboxylic acids is 1. The van der Waals surface area contributed by atoms with E-state index in [1.807, 2.05) is 37.3 Å². The number of carbonyl (C=O) groups is 1. The highest BCUT2D eigenvalue weighted by molar-refractivity contribution is 5.74. The number of aryl methyl sites for hydroxylation is 1. The van der Waals surface area contributed by atoms with Gasteiger partial charge >= 0.3 is 6.03 Å². The molecule has 6 heteroatoms. The van der Waals surface area contributed by atoms with Crippen LogP contribution in [0.4, 0.5) is 4.79 Å². The third-order valence-electron chi connectivity index (χ3n) is 3.73. The highest BCUT2D eigenvalue weighted by Crippen LogP contribution is 2.28. The molecule has 2 heterocycles. The van der Waals surface area contributed by atoms with E-state index in [-0.39, 0.29) is 12.1 Å². The van der Waals surface area contributed by atoms with E-state index < -0.39 is 0 Å². The van der Waals surface area contributed by atoms with Crippen molar-refractivity contribution in [3.8, 4) is 11.5 Å². The molecule has 0 saturated carbocycles. The average Bonchev–Trinajstić information content (AvgIpc) is 2.97. The Labute approximate surface area is 134 Å². The second-order valence-corrected chi connectivity index (χ2v) is 5.53. The minimum atomic E-state index is -0.237. The third-order valence-corrected chi connectivity index (χ3v) is 3.73. The lowest BCUT2D eigenvalue weighted by Crippen LogP contribution is -2.47. The predicted octanol–water partition coefficient (Wildman–Crippen LogP) is 2.40. The van der Waals surface area contributed by atoms with Gasteiger partial charge in [-0.05, 0) is 49.2 Å². The number of urea groups is 1. The summed E-state index contributed by atoms with van der Waals surface area (Å²) in [6, 6.07) is 9.10. The Bertz CT molecular complexity index is 696. The summed E-state index contributed by atoms with van der Waals surface area (Å²) in [5, 5.41) is 5.70. The van der Waals surface area contributed by atoms with Gasteiger partial charge < -0.3 is 24.5 Å². The average molecular weight is 316 g/mol. The Morgan fingerprint density at radius 3 is 2.96 bits per heavy atom. The highest BCUT2D eigenvalue weighted by atomic mass is 16.5. The van der Waals surface area contributed by atoms with Gasteiger partial charge in [-0.3, -0.25) is 0 Å². The molecule has 0 aliphatic carbocycles. The molecular formula is C17H20N2O4. The van der Waals surface area contributed by atoms with Gasteiger partial charge in [0.25, 0.3) is 0 Å². The zero-order valence-corrected chi connectivity index (χ0v) is 13.2. The molecule has 3 rings (SSSR count). The Morgan fingerprint density at radius 1 is 1.35 bits per heavy atom. The minimum absolute atomic E-state index is 0.0760. The number of fused-ring (bicyclic) bond motifs is 1. The van der Waals surface area contributed by atoms with Crippen LogP contribution in [0.5, 0.6) is 11.5 Å². The van der Waals surface area contributed by atoms with Gasteiger partial charge in [-0.2, -0.15) is 0 Å². The monoisotopic (exact) mass is 316 g/mol. The van der Waals surface area contributed by atoms with E-state index in [2.05, 4.69) is 10.6 Å². The third kappa shape index (κ3) is 3.77. The molecule has 122 valence electrons. The molecule has 0 spiro atoms.